The number of nitrogens with two attached hydrogens (primary N) is 3. The van der Waals surface area contributed by atoms with E-state index in [1.54, 1.807) is 0 Å². The first-order valence-corrected chi connectivity index (χ1v) is 12.6. The molecule has 186 valence electrons. The van der Waals surface area contributed by atoms with Gasteiger partial charge < -0.3 is 27.4 Å². The molecule has 0 aromatic heterocycles. The van der Waals surface area contributed by atoms with Gasteiger partial charge in [-0.15, -0.1) is 0 Å². The third kappa shape index (κ3) is 17.1. The zero-order valence-corrected chi connectivity index (χ0v) is 20.4. The molecule has 1 aromatic rings. The van der Waals surface area contributed by atoms with Crippen molar-refractivity contribution in [3.63, 3.8) is 0 Å². The molecule has 0 radical (unpaired) electrons. The summed E-state index contributed by atoms with van der Waals surface area (Å²) in [5.74, 6) is -3.38. The van der Waals surface area contributed by atoms with E-state index in [0.29, 0.717) is 19.5 Å². The number of rotatable bonds is 18. The van der Waals surface area contributed by atoms with Crippen LogP contribution < -0.4 is 17.2 Å². The van der Waals surface area contributed by atoms with Gasteiger partial charge in [-0.1, -0.05) is 115 Å². The number of benzene rings is 1. The van der Waals surface area contributed by atoms with Crippen LogP contribution in [0.25, 0.3) is 0 Å². The molecule has 0 heterocycles. The van der Waals surface area contributed by atoms with Gasteiger partial charge in [0.1, 0.15) is 0 Å². The van der Waals surface area contributed by atoms with Crippen LogP contribution in [0.3, 0.4) is 0 Å². The average molecular weight is 452 g/mol. The molecule has 0 fully saturated rings. The van der Waals surface area contributed by atoms with Gasteiger partial charge >= 0.3 is 0 Å². The minimum Gasteiger partial charge on any atom is -0.365 e. The quantitative estimate of drug-likeness (QED) is 0.164. The van der Waals surface area contributed by atoms with Crippen LogP contribution in [0.4, 0.5) is 0 Å². The van der Waals surface area contributed by atoms with Crippen LogP contribution >= 0.6 is 0 Å². The Hall–Kier alpha value is -1.47. The van der Waals surface area contributed by atoms with E-state index in [1.807, 2.05) is 24.3 Å². The smallest absolute Gasteiger partial charge is 0.277 e. The lowest BCUT2D eigenvalue weighted by molar-refractivity contribution is -0.184. The van der Waals surface area contributed by atoms with Crippen LogP contribution in [-0.4, -0.2) is 21.9 Å². The highest BCUT2D eigenvalue weighted by Gasteiger charge is 2.29. The number of hydrogen-bond acceptors (Lipinski definition) is 5. The lowest BCUT2D eigenvalue weighted by atomic mass is 10.0. The summed E-state index contributed by atoms with van der Waals surface area (Å²) in [5.41, 5.74) is 18.0. The van der Waals surface area contributed by atoms with E-state index in [0.717, 1.165) is 24.0 Å². The molecule has 1 aromatic carbocycles. The Bertz CT molecular complexity index is 560. The van der Waals surface area contributed by atoms with Crippen LogP contribution in [0.5, 0.6) is 0 Å². The minimum absolute atomic E-state index is 0.0420. The van der Waals surface area contributed by atoms with Crippen LogP contribution in [0.2, 0.25) is 0 Å². The molecule has 6 heteroatoms. The van der Waals surface area contributed by atoms with E-state index < -0.39 is 11.7 Å². The van der Waals surface area contributed by atoms with Crippen molar-refractivity contribution in [2.75, 3.05) is 0 Å². The first-order valence-electron chi connectivity index (χ1n) is 12.6. The van der Waals surface area contributed by atoms with Crippen molar-refractivity contribution in [2.24, 2.45) is 17.2 Å². The summed E-state index contributed by atoms with van der Waals surface area (Å²) in [6, 6.07) is 8.00. The van der Waals surface area contributed by atoms with Gasteiger partial charge in [0.05, 0.1) is 0 Å². The Morgan fingerprint density at radius 2 is 1.12 bits per heavy atom. The second kappa shape index (κ2) is 20.2. The second-order valence-electron chi connectivity index (χ2n) is 8.76. The summed E-state index contributed by atoms with van der Waals surface area (Å²) in [6.45, 7) is 3.43. The van der Waals surface area contributed by atoms with Crippen molar-refractivity contribution in [1.29, 1.82) is 0 Å². The van der Waals surface area contributed by atoms with Gasteiger partial charge in [0.2, 0.25) is 5.79 Å². The molecule has 32 heavy (non-hydrogen) atoms. The molecule has 0 bridgehead atoms. The van der Waals surface area contributed by atoms with Crippen LogP contribution in [-0.2, 0) is 17.9 Å². The Kier molecular flexibility index (Phi) is 19.2. The minimum atomic E-state index is -2.32. The zero-order chi connectivity index (χ0) is 24.1. The predicted octanol–water partition coefficient (Wildman–Crippen LogP) is 4.63. The summed E-state index contributed by atoms with van der Waals surface area (Å²) >= 11 is 0. The lowest BCUT2D eigenvalue weighted by Gasteiger charge is -2.16. The molecule has 0 aliphatic heterocycles. The molecule has 1 amide bonds. The average Bonchev–Trinajstić information content (AvgIpc) is 2.79. The molecule has 1 rings (SSSR count). The van der Waals surface area contributed by atoms with Gasteiger partial charge in [0.25, 0.3) is 5.91 Å². The summed E-state index contributed by atoms with van der Waals surface area (Å²) in [4.78, 5) is 10.7. The van der Waals surface area contributed by atoms with E-state index in [9.17, 15) is 15.0 Å². The third-order valence-electron chi connectivity index (χ3n) is 5.74. The highest BCUT2D eigenvalue weighted by Crippen LogP contribution is 2.15. The number of hydrogen-bond donors (Lipinski definition) is 5. The Labute approximate surface area is 196 Å². The monoisotopic (exact) mass is 451 g/mol. The fourth-order valence-electron chi connectivity index (χ4n) is 3.57. The Morgan fingerprint density at radius 3 is 1.47 bits per heavy atom. The molecule has 0 unspecified atom stereocenters. The summed E-state index contributed by atoms with van der Waals surface area (Å²) < 4.78 is 0. The van der Waals surface area contributed by atoms with Crippen molar-refractivity contribution in [1.82, 2.24) is 0 Å². The fraction of sp³-hybridized carbons (Fsp3) is 0.731. The molecular weight excluding hydrogens is 402 g/mol. The van der Waals surface area contributed by atoms with Gasteiger partial charge in [-0.25, -0.2) is 0 Å². The third-order valence-corrected chi connectivity index (χ3v) is 5.74. The SMILES string of the molecule is CCCCCCCCCCCCCCCCC(O)(O)C(N)=O.NCc1cccc(CN)c1. The molecule has 8 N–H and O–H groups in total. The summed E-state index contributed by atoms with van der Waals surface area (Å²) in [6.07, 6.45) is 17.4. The Morgan fingerprint density at radius 1 is 0.750 bits per heavy atom. The number of amides is 1. The normalized spacial score (nSPS) is 11.2. The van der Waals surface area contributed by atoms with Gasteiger partial charge in [-0.05, 0) is 17.5 Å². The van der Waals surface area contributed by atoms with Crippen LogP contribution in [0.15, 0.2) is 24.3 Å². The summed E-state index contributed by atoms with van der Waals surface area (Å²) in [5, 5.41) is 18.5. The van der Waals surface area contributed by atoms with Crippen LogP contribution in [0.1, 0.15) is 114 Å². The second-order valence-corrected chi connectivity index (χ2v) is 8.76. The number of aliphatic hydroxyl groups is 2. The van der Waals surface area contributed by atoms with Crippen molar-refractivity contribution in [2.45, 2.75) is 122 Å². The number of carbonyl (C=O) groups excluding carboxylic acids is 1. The maximum atomic E-state index is 10.7. The summed E-state index contributed by atoms with van der Waals surface area (Å²) in [7, 11) is 0. The van der Waals surface area contributed by atoms with Crippen molar-refractivity contribution in [3.8, 4) is 0 Å². The zero-order valence-electron chi connectivity index (χ0n) is 20.4. The first-order chi connectivity index (χ1) is 15.4. The van der Waals surface area contributed by atoms with E-state index in [4.69, 9.17) is 17.2 Å². The maximum Gasteiger partial charge on any atom is 0.277 e. The number of unbranched alkanes of at least 4 members (excludes halogenated alkanes) is 13. The molecule has 0 saturated heterocycles. The van der Waals surface area contributed by atoms with E-state index >= 15 is 0 Å². The standard InChI is InChI=1S/C18H37NO3.C8H12N2/c1-2-3-4-5-6-7-8-9-10-11-12-13-14-15-16-18(21,22)17(19)20;9-5-7-2-1-3-8(4-7)6-10/h21-22H,2-16H2,1H3,(H2,19,20);1-4H,5-6,9-10H2. The van der Waals surface area contributed by atoms with Gasteiger partial charge in [0, 0.05) is 19.5 Å². The lowest BCUT2D eigenvalue weighted by Crippen LogP contribution is -2.43. The molecule has 0 atom stereocenters. The topological polar surface area (TPSA) is 136 Å². The van der Waals surface area contributed by atoms with Gasteiger partial charge in [-0.2, -0.15) is 0 Å². The number of carbonyl (C=O) groups is 1. The molecule has 0 aliphatic rings. The molecule has 0 saturated carbocycles. The van der Waals surface area contributed by atoms with Crippen molar-refractivity contribution < 1.29 is 15.0 Å². The highest BCUT2D eigenvalue weighted by atomic mass is 16.5. The molecule has 0 spiro atoms. The van der Waals surface area contributed by atoms with Crippen molar-refractivity contribution >= 4 is 5.91 Å². The van der Waals surface area contributed by atoms with E-state index in [-0.39, 0.29) is 6.42 Å². The highest BCUT2D eigenvalue weighted by molar-refractivity contribution is 5.81. The van der Waals surface area contributed by atoms with Crippen molar-refractivity contribution in [3.05, 3.63) is 35.4 Å². The van der Waals surface area contributed by atoms with E-state index in [2.05, 4.69) is 6.92 Å². The fourth-order valence-corrected chi connectivity index (χ4v) is 3.57. The Balaban J connectivity index is 0.000000792. The van der Waals surface area contributed by atoms with Gasteiger partial charge in [0.15, 0.2) is 0 Å². The maximum absolute atomic E-state index is 10.7. The molecule has 6 nitrogen and oxygen atoms in total. The molecule has 0 aliphatic carbocycles. The largest absolute Gasteiger partial charge is 0.365 e. The molecular formula is C26H49N3O3. The van der Waals surface area contributed by atoms with E-state index in [1.165, 1.54) is 70.6 Å². The predicted molar refractivity (Wildman–Crippen MR) is 134 cm³/mol. The number of primary amides is 1. The van der Waals surface area contributed by atoms with Gasteiger partial charge in [-0.3, -0.25) is 4.79 Å². The first kappa shape index (κ1) is 30.5. The van der Waals surface area contributed by atoms with Crippen LogP contribution in [0, 0.1) is 0 Å².